The fourth-order valence-electron chi connectivity index (χ4n) is 1.73. The molecule has 3 nitrogen and oxygen atoms in total. The molecule has 0 atom stereocenters. The maximum Gasteiger partial charge on any atom is 0.341 e. The van der Waals surface area contributed by atoms with Gasteiger partial charge in [-0.2, -0.15) is 0 Å². The van der Waals surface area contributed by atoms with Crippen LogP contribution in [0.2, 0.25) is 0 Å². The summed E-state index contributed by atoms with van der Waals surface area (Å²) in [5, 5.41) is 0. The highest BCUT2D eigenvalue weighted by atomic mass is 16.5. The summed E-state index contributed by atoms with van der Waals surface area (Å²) in [7, 11) is 1.26. The Labute approximate surface area is 117 Å². The SMILES string of the molecule is COC(=O)C(=Cc1cc[c]cc1)C(=O)c1ccccc1. The molecule has 1 radical (unpaired) electrons. The number of rotatable bonds is 4. The van der Waals surface area contributed by atoms with E-state index in [0.717, 1.165) is 5.56 Å². The zero-order chi connectivity index (χ0) is 14.4. The van der Waals surface area contributed by atoms with E-state index in [4.69, 9.17) is 4.74 Å². The summed E-state index contributed by atoms with van der Waals surface area (Å²) in [6, 6.07) is 18.5. The average Bonchev–Trinajstić information content (AvgIpc) is 2.53. The van der Waals surface area contributed by atoms with E-state index in [9.17, 15) is 9.59 Å². The summed E-state index contributed by atoms with van der Waals surface area (Å²) in [5.74, 6) is -1.00. The van der Waals surface area contributed by atoms with E-state index >= 15 is 0 Å². The lowest BCUT2D eigenvalue weighted by atomic mass is 10.0. The number of ether oxygens (including phenoxy) is 1. The molecule has 0 aliphatic rings. The Bertz CT molecular complexity index is 628. The minimum absolute atomic E-state index is 0.00454. The molecule has 0 saturated carbocycles. The van der Waals surface area contributed by atoms with Crippen LogP contribution >= 0.6 is 0 Å². The van der Waals surface area contributed by atoms with Crippen LogP contribution in [0.5, 0.6) is 0 Å². The van der Waals surface area contributed by atoms with Gasteiger partial charge in [-0.25, -0.2) is 4.79 Å². The molecule has 3 heteroatoms. The number of esters is 1. The maximum absolute atomic E-state index is 12.4. The molecule has 0 saturated heterocycles. The zero-order valence-corrected chi connectivity index (χ0v) is 11.0. The van der Waals surface area contributed by atoms with Crippen LogP contribution in [0, 0.1) is 6.07 Å². The van der Waals surface area contributed by atoms with Gasteiger partial charge in [0.05, 0.1) is 7.11 Å². The second kappa shape index (κ2) is 6.48. The molecule has 0 aliphatic heterocycles. The quantitative estimate of drug-likeness (QED) is 0.281. The Balaban J connectivity index is 2.41. The predicted molar refractivity (Wildman–Crippen MR) is 76.0 cm³/mol. The van der Waals surface area contributed by atoms with Crippen LogP contribution < -0.4 is 0 Å². The third-order valence-corrected chi connectivity index (χ3v) is 2.74. The van der Waals surface area contributed by atoms with Gasteiger partial charge in [-0.3, -0.25) is 4.79 Å². The number of Topliss-reactive ketones (excluding diaryl/α,β-unsaturated/α-hetero) is 1. The molecule has 2 aromatic rings. The molecule has 0 bridgehead atoms. The number of methoxy groups -OCH3 is 1. The molecular weight excluding hydrogens is 252 g/mol. The molecule has 0 aromatic heterocycles. The number of ketones is 1. The second-order valence-corrected chi connectivity index (χ2v) is 4.08. The summed E-state index contributed by atoms with van der Waals surface area (Å²) in [6.07, 6.45) is 1.52. The Hall–Kier alpha value is -2.68. The van der Waals surface area contributed by atoms with E-state index in [1.165, 1.54) is 13.2 Å². The van der Waals surface area contributed by atoms with Crippen LogP contribution in [-0.4, -0.2) is 18.9 Å². The van der Waals surface area contributed by atoms with Crippen molar-refractivity contribution in [3.63, 3.8) is 0 Å². The van der Waals surface area contributed by atoms with Gasteiger partial charge < -0.3 is 4.74 Å². The molecule has 99 valence electrons. The van der Waals surface area contributed by atoms with Gasteiger partial charge in [0.1, 0.15) is 5.57 Å². The minimum Gasteiger partial charge on any atom is -0.465 e. The highest BCUT2D eigenvalue weighted by Crippen LogP contribution is 2.14. The molecule has 2 aromatic carbocycles. The van der Waals surface area contributed by atoms with Crippen molar-refractivity contribution in [2.24, 2.45) is 0 Å². The largest absolute Gasteiger partial charge is 0.465 e. The summed E-state index contributed by atoms with van der Waals surface area (Å²) < 4.78 is 4.69. The minimum atomic E-state index is -0.647. The van der Waals surface area contributed by atoms with E-state index < -0.39 is 5.97 Å². The van der Waals surface area contributed by atoms with Gasteiger partial charge >= 0.3 is 5.97 Å². The second-order valence-electron chi connectivity index (χ2n) is 4.08. The number of carbonyl (C=O) groups excluding carboxylic acids is 2. The number of hydrogen-bond acceptors (Lipinski definition) is 3. The van der Waals surface area contributed by atoms with Crippen molar-refractivity contribution in [3.8, 4) is 0 Å². The van der Waals surface area contributed by atoms with E-state index in [1.807, 2.05) is 6.07 Å². The molecule has 20 heavy (non-hydrogen) atoms. The van der Waals surface area contributed by atoms with Crippen molar-refractivity contribution in [2.45, 2.75) is 0 Å². The van der Waals surface area contributed by atoms with Crippen LogP contribution in [0.3, 0.4) is 0 Å². The first kappa shape index (κ1) is 13.7. The molecule has 0 heterocycles. The highest BCUT2D eigenvalue weighted by Gasteiger charge is 2.20. The summed E-state index contributed by atoms with van der Waals surface area (Å²) in [6.45, 7) is 0. The first-order chi connectivity index (χ1) is 9.72. The predicted octanol–water partition coefficient (Wildman–Crippen LogP) is 2.93. The summed E-state index contributed by atoms with van der Waals surface area (Å²) in [5.41, 5.74) is 1.20. The Kier molecular flexibility index (Phi) is 4.45. The highest BCUT2D eigenvalue weighted by molar-refractivity contribution is 6.26. The molecular formula is C17H13O3. The van der Waals surface area contributed by atoms with Gasteiger partial charge in [-0.05, 0) is 17.7 Å². The third-order valence-electron chi connectivity index (χ3n) is 2.74. The van der Waals surface area contributed by atoms with Crippen molar-refractivity contribution < 1.29 is 14.3 Å². The van der Waals surface area contributed by atoms with Gasteiger partial charge in [-0.1, -0.05) is 54.6 Å². The van der Waals surface area contributed by atoms with Crippen LogP contribution in [0.1, 0.15) is 15.9 Å². The first-order valence-corrected chi connectivity index (χ1v) is 6.08. The van der Waals surface area contributed by atoms with E-state index in [1.54, 1.807) is 48.5 Å². The Morgan fingerprint density at radius 2 is 1.70 bits per heavy atom. The van der Waals surface area contributed by atoms with Crippen LogP contribution in [0.15, 0.2) is 60.2 Å². The number of benzene rings is 2. The maximum atomic E-state index is 12.4. The molecule has 0 spiro atoms. The average molecular weight is 265 g/mol. The number of hydrogen-bond donors (Lipinski definition) is 0. The van der Waals surface area contributed by atoms with Gasteiger partial charge in [-0.15, -0.1) is 0 Å². The molecule has 0 aliphatic carbocycles. The number of carbonyl (C=O) groups is 2. The molecule has 0 N–H and O–H groups in total. The van der Waals surface area contributed by atoms with E-state index in [2.05, 4.69) is 6.07 Å². The smallest absolute Gasteiger partial charge is 0.341 e. The Morgan fingerprint density at radius 1 is 1.05 bits per heavy atom. The van der Waals surface area contributed by atoms with Crippen molar-refractivity contribution in [1.29, 1.82) is 0 Å². The third kappa shape index (κ3) is 3.20. The molecule has 2 rings (SSSR count). The van der Waals surface area contributed by atoms with Crippen molar-refractivity contribution in [3.05, 3.63) is 77.4 Å². The topological polar surface area (TPSA) is 43.4 Å². The molecule has 0 amide bonds. The normalized spacial score (nSPS) is 10.9. The van der Waals surface area contributed by atoms with Crippen molar-refractivity contribution >= 4 is 17.8 Å². The molecule has 0 unspecified atom stereocenters. The van der Waals surface area contributed by atoms with Crippen molar-refractivity contribution in [1.82, 2.24) is 0 Å². The summed E-state index contributed by atoms with van der Waals surface area (Å²) >= 11 is 0. The van der Waals surface area contributed by atoms with E-state index in [-0.39, 0.29) is 11.4 Å². The standard InChI is InChI=1S/C17H13O3/c1-20-17(19)15(12-13-8-4-2-5-9-13)16(18)14-10-6-3-7-11-14/h3-12H,1H3. The fraction of sp³-hybridized carbons (Fsp3) is 0.0588. The lowest BCUT2D eigenvalue weighted by molar-refractivity contribution is -0.135. The van der Waals surface area contributed by atoms with Crippen LogP contribution in [0.4, 0.5) is 0 Å². The lowest BCUT2D eigenvalue weighted by Crippen LogP contribution is -2.14. The van der Waals surface area contributed by atoms with Gasteiger partial charge in [0.15, 0.2) is 5.78 Å². The van der Waals surface area contributed by atoms with Crippen molar-refractivity contribution in [2.75, 3.05) is 7.11 Å². The monoisotopic (exact) mass is 265 g/mol. The van der Waals surface area contributed by atoms with Gasteiger partial charge in [0, 0.05) is 5.56 Å². The molecule has 0 fully saturated rings. The summed E-state index contributed by atoms with van der Waals surface area (Å²) in [4.78, 5) is 24.2. The first-order valence-electron chi connectivity index (χ1n) is 6.08. The van der Waals surface area contributed by atoms with Crippen LogP contribution in [0.25, 0.3) is 6.08 Å². The lowest BCUT2D eigenvalue weighted by Gasteiger charge is -2.05. The fourth-order valence-corrected chi connectivity index (χ4v) is 1.73. The van der Waals surface area contributed by atoms with E-state index in [0.29, 0.717) is 5.56 Å². The van der Waals surface area contributed by atoms with Gasteiger partial charge in [0.2, 0.25) is 0 Å². The zero-order valence-electron chi connectivity index (χ0n) is 11.0. The van der Waals surface area contributed by atoms with Crippen LogP contribution in [-0.2, 0) is 9.53 Å². The van der Waals surface area contributed by atoms with Gasteiger partial charge in [0.25, 0.3) is 0 Å². The Morgan fingerprint density at radius 3 is 2.30 bits per heavy atom.